The first-order chi connectivity index (χ1) is 6.63. The first-order valence-corrected chi connectivity index (χ1v) is 5.02. The molecule has 0 atom stereocenters. The number of ether oxygens (including phenoxy) is 1. The van der Waals surface area contributed by atoms with Crippen molar-refractivity contribution in [1.82, 2.24) is 5.32 Å². The average molecular weight is 258 g/mol. The summed E-state index contributed by atoms with van der Waals surface area (Å²) in [5, 5.41) is 2.49. The van der Waals surface area contributed by atoms with Crippen molar-refractivity contribution >= 4 is 21.8 Å². The van der Waals surface area contributed by atoms with E-state index in [2.05, 4.69) is 21.2 Å². The van der Waals surface area contributed by atoms with Gasteiger partial charge in [-0.3, -0.25) is 4.79 Å². The Kier molecular flexibility index (Phi) is 3.95. The molecule has 1 rings (SSSR count). The van der Waals surface area contributed by atoms with Crippen molar-refractivity contribution in [3.05, 3.63) is 28.2 Å². The predicted molar refractivity (Wildman–Crippen MR) is 58.4 cm³/mol. The van der Waals surface area contributed by atoms with Gasteiger partial charge in [-0.05, 0) is 24.6 Å². The fourth-order valence-electron chi connectivity index (χ4n) is 0.945. The van der Waals surface area contributed by atoms with Gasteiger partial charge in [-0.1, -0.05) is 22.0 Å². The average Bonchev–Trinajstić information content (AvgIpc) is 2.19. The molecule has 0 radical (unpaired) electrons. The predicted octanol–water partition coefficient (Wildman–Crippen LogP) is 1.88. The third-order valence-electron chi connectivity index (χ3n) is 1.79. The maximum Gasteiger partial charge on any atom is 0.257 e. The summed E-state index contributed by atoms with van der Waals surface area (Å²) in [6.07, 6.45) is 0. The van der Waals surface area contributed by atoms with Crippen LogP contribution in [0.15, 0.2) is 22.7 Å². The normalized spacial score (nSPS) is 9.64. The van der Waals surface area contributed by atoms with Gasteiger partial charge in [-0.2, -0.15) is 0 Å². The van der Waals surface area contributed by atoms with E-state index in [4.69, 9.17) is 4.74 Å². The number of hydrogen-bond donors (Lipinski definition) is 1. The highest BCUT2D eigenvalue weighted by molar-refractivity contribution is 9.10. The number of carbonyl (C=O) groups excluding carboxylic acids is 1. The van der Waals surface area contributed by atoms with Gasteiger partial charge in [-0.15, -0.1) is 0 Å². The number of amides is 1. The zero-order valence-corrected chi connectivity index (χ0v) is 9.72. The molecule has 76 valence electrons. The summed E-state index contributed by atoms with van der Waals surface area (Å²) in [5.41, 5.74) is 1.01. The Morgan fingerprint density at radius 1 is 1.57 bits per heavy atom. The second kappa shape index (κ2) is 5.00. The maximum absolute atomic E-state index is 10.9. The molecule has 0 saturated carbocycles. The molecule has 14 heavy (non-hydrogen) atoms. The van der Waals surface area contributed by atoms with Gasteiger partial charge in [0.05, 0.1) is 0 Å². The van der Waals surface area contributed by atoms with Crippen LogP contribution in [0.4, 0.5) is 0 Å². The minimum absolute atomic E-state index is 0.0494. The summed E-state index contributed by atoms with van der Waals surface area (Å²) < 4.78 is 6.27. The molecule has 3 nitrogen and oxygen atoms in total. The third kappa shape index (κ3) is 3.03. The Morgan fingerprint density at radius 3 is 2.93 bits per heavy atom. The SMILES string of the molecule is CNC(=O)COc1cc(Br)ccc1C. The molecule has 0 spiro atoms. The second-order valence-electron chi connectivity index (χ2n) is 2.87. The Hall–Kier alpha value is -1.03. The van der Waals surface area contributed by atoms with Crippen molar-refractivity contribution in [2.24, 2.45) is 0 Å². The van der Waals surface area contributed by atoms with Crippen LogP contribution in [0.5, 0.6) is 5.75 Å². The molecule has 0 fully saturated rings. The highest BCUT2D eigenvalue weighted by atomic mass is 79.9. The van der Waals surface area contributed by atoms with Gasteiger partial charge in [0.15, 0.2) is 6.61 Å². The molecule has 4 heteroatoms. The van der Waals surface area contributed by atoms with Crippen LogP contribution < -0.4 is 10.1 Å². The first-order valence-electron chi connectivity index (χ1n) is 4.23. The molecule has 0 unspecified atom stereocenters. The molecule has 1 aromatic carbocycles. The topological polar surface area (TPSA) is 38.3 Å². The third-order valence-corrected chi connectivity index (χ3v) is 2.28. The number of rotatable bonds is 3. The fourth-order valence-corrected chi connectivity index (χ4v) is 1.28. The lowest BCUT2D eigenvalue weighted by molar-refractivity contribution is -0.122. The van der Waals surface area contributed by atoms with Crippen LogP contribution >= 0.6 is 15.9 Å². The van der Waals surface area contributed by atoms with Crippen LogP contribution in [0.3, 0.4) is 0 Å². The summed E-state index contributed by atoms with van der Waals surface area (Å²) >= 11 is 3.34. The van der Waals surface area contributed by atoms with Gasteiger partial charge in [-0.25, -0.2) is 0 Å². The fraction of sp³-hybridized carbons (Fsp3) is 0.300. The quantitative estimate of drug-likeness (QED) is 0.898. The minimum atomic E-state index is -0.135. The highest BCUT2D eigenvalue weighted by Gasteiger charge is 2.03. The summed E-state index contributed by atoms with van der Waals surface area (Å²) in [6.45, 7) is 1.99. The number of likely N-dealkylation sites (N-methyl/N-ethyl adjacent to an activating group) is 1. The molecule has 1 N–H and O–H groups in total. The lowest BCUT2D eigenvalue weighted by Crippen LogP contribution is -2.24. The number of carbonyl (C=O) groups is 1. The van der Waals surface area contributed by atoms with Crippen molar-refractivity contribution in [1.29, 1.82) is 0 Å². The number of aryl methyl sites for hydroxylation is 1. The van der Waals surface area contributed by atoms with Crippen LogP contribution in [0.25, 0.3) is 0 Å². The summed E-state index contributed by atoms with van der Waals surface area (Å²) in [5.74, 6) is 0.590. The van der Waals surface area contributed by atoms with Crippen molar-refractivity contribution in [2.45, 2.75) is 6.92 Å². The van der Waals surface area contributed by atoms with Gasteiger partial charge in [0.25, 0.3) is 5.91 Å². The number of nitrogens with one attached hydrogen (secondary N) is 1. The molecular formula is C10H12BrNO2. The van der Waals surface area contributed by atoms with Gasteiger partial charge < -0.3 is 10.1 Å². The summed E-state index contributed by atoms with van der Waals surface area (Å²) in [7, 11) is 1.58. The monoisotopic (exact) mass is 257 g/mol. The van der Waals surface area contributed by atoms with Gasteiger partial charge in [0, 0.05) is 11.5 Å². The summed E-state index contributed by atoms with van der Waals surface area (Å²) in [4.78, 5) is 10.9. The van der Waals surface area contributed by atoms with Gasteiger partial charge >= 0.3 is 0 Å². The number of hydrogen-bond acceptors (Lipinski definition) is 2. The van der Waals surface area contributed by atoms with E-state index in [9.17, 15) is 4.79 Å². The van der Waals surface area contributed by atoms with E-state index in [0.29, 0.717) is 0 Å². The zero-order chi connectivity index (χ0) is 10.6. The van der Waals surface area contributed by atoms with E-state index in [-0.39, 0.29) is 12.5 Å². The maximum atomic E-state index is 10.9. The van der Waals surface area contributed by atoms with Crippen LogP contribution in [0.1, 0.15) is 5.56 Å². The van der Waals surface area contributed by atoms with Crippen LogP contribution in [-0.2, 0) is 4.79 Å². The molecule has 0 saturated heterocycles. The Morgan fingerprint density at radius 2 is 2.29 bits per heavy atom. The van der Waals surface area contributed by atoms with Gasteiger partial charge in [0.1, 0.15) is 5.75 Å². The Labute approximate surface area is 91.6 Å². The Balaban J connectivity index is 2.66. The molecular weight excluding hydrogens is 246 g/mol. The lowest BCUT2D eigenvalue weighted by Gasteiger charge is -2.08. The van der Waals surface area contributed by atoms with Crippen molar-refractivity contribution in [2.75, 3.05) is 13.7 Å². The largest absolute Gasteiger partial charge is 0.483 e. The van der Waals surface area contributed by atoms with Gasteiger partial charge in [0.2, 0.25) is 0 Å². The smallest absolute Gasteiger partial charge is 0.257 e. The van der Waals surface area contributed by atoms with Crippen LogP contribution in [-0.4, -0.2) is 19.6 Å². The van der Waals surface area contributed by atoms with Crippen molar-refractivity contribution < 1.29 is 9.53 Å². The van der Waals surface area contributed by atoms with E-state index < -0.39 is 0 Å². The Bertz CT molecular complexity index is 339. The van der Waals surface area contributed by atoms with E-state index in [1.807, 2.05) is 25.1 Å². The zero-order valence-electron chi connectivity index (χ0n) is 8.13. The molecule has 0 aromatic heterocycles. The molecule has 1 aromatic rings. The van der Waals surface area contributed by atoms with Crippen LogP contribution in [0.2, 0.25) is 0 Å². The standard InChI is InChI=1S/C10H12BrNO2/c1-7-3-4-8(11)5-9(7)14-6-10(13)12-2/h3-5H,6H2,1-2H3,(H,12,13). The minimum Gasteiger partial charge on any atom is -0.483 e. The van der Waals surface area contributed by atoms with E-state index in [1.165, 1.54) is 0 Å². The van der Waals surface area contributed by atoms with E-state index in [0.717, 1.165) is 15.8 Å². The molecule has 1 amide bonds. The second-order valence-corrected chi connectivity index (χ2v) is 3.79. The van der Waals surface area contributed by atoms with E-state index in [1.54, 1.807) is 7.05 Å². The highest BCUT2D eigenvalue weighted by Crippen LogP contribution is 2.22. The van der Waals surface area contributed by atoms with Crippen molar-refractivity contribution in [3.63, 3.8) is 0 Å². The first kappa shape index (κ1) is 11.0. The number of halogens is 1. The molecule has 0 bridgehead atoms. The summed E-state index contributed by atoms with van der Waals surface area (Å²) in [6, 6.07) is 5.71. The lowest BCUT2D eigenvalue weighted by atomic mass is 10.2. The number of benzene rings is 1. The van der Waals surface area contributed by atoms with Crippen LogP contribution in [0, 0.1) is 6.92 Å². The van der Waals surface area contributed by atoms with Crippen molar-refractivity contribution in [3.8, 4) is 5.75 Å². The molecule has 0 aliphatic heterocycles. The van der Waals surface area contributed by atoms with E-state index >= 15 is 0 Å². The molecule has 0 aliphatic rings. The molecule has 0 heterocycles. The molecule has 0 aliphatic carbocycles.